The van der Waals surface area contributed by atoms with E-state index in [1.807, 2.05) is 12.1 Å². The van der Waals surface area contributed by atoms with E-state index in [9.17, 15) is 0 Å². The van der Waals surface area contributed by atoms with E-state index in [2.05, 4.69) is 15.8 Å². The molecule has 1 heterocycles. The molecule has 3 heteroatoms. The Bertz CT molecular complexity index is 377. The van der Waals surface area contributed by atoms with Crippen molar-refractivity contribution in [2.24, 2.45) is 5.92 Å². The van der Waals surface area contributed by atoms with Crippen molar-refractivity contribution >= 4 is 11.5 Å². The van der Waals surface area contributed by atoms with Crippen molar-refractivity contribution in [3.8, 4) is 12.3 Å². The average Bonchev–Trinajstić information content (AvgIpc) is 3.01. The third-order valence-corrected chi connectivity index (χ3v) is 2.59. The molecule has 0 aliphatic heterocycles. The smallest absolute Gasteiger partial charge is 0.125 e. The zero-order valence-corrected chi connectivity index (χ0v) is 8.69. The summed E-state index contributed by atoms with van der Waals surface area (Å²) in [6, 6.07) is 3.83. The molecule has 0 atom stereocenters. The Morgan fingerprint density at radius 1 is 1.60 bits per heavy atom. The number of rotatable bonds is 4. The van der Waals surface area contributed by atoms with E-state index >= 15 is 0 Å². The van der Waals surface area contributed by atoms with Crippen molar-refractivity contribution in [1.82, 2.24) is 4.98 Å². The summed E-state index contributed by atoms with van der Waals surface area (Å²) >= 11 is 0. The minimum absolute atomic E-state index is 0.547. The molecular weight excluding hydrogens is 186 g/mol. The van der Waals surface area contributed by atoms with Crippen molar-refractivity contribution in [2.45, 2.75) is 12.8 Å². The molecule has 1 aliphatic rings. The van der Waals surface area contributed by atoms with E-state index in [0.717, 1.165) is 18.2 Å². The van der Waals surface area contributed by atoms with Gasteiger partial charge in [0.2, 0.25) is 0 Å². The van der Waals surface area contributed by atoms with Crippen LogP contribution in [0.5, 0.6) is 0 Å². The second kappa shape index (κ2) is 4.22. The maximum Gasteiger partial charge on any atom is 0.125 e. The molecule has 1 fully saturated rings. The van der Waals surface area contributed by atoms with Crippen molar-refractivity contribution in [3.63, 3.8) is 0 Å². The van der Waals surface area contributed by atoms with Crippen LogP contribution in [0.2, 0.25) is 0 Å². The highest BCUT2D eigenvalue weighted by molar-refractivity contribution is 5.52. The van der Waals surface area contributed by atoms with Crippen LogP contribution in [0.1, 0.15) is 12.8 Å². The van der Waals surface area contributed by atoms with Crippen LogP contribution in [0.4, 0.5) is 11.5 Å². The van der Waals surface area contributed by atoms with Gasteiger partial charge in [0.15, 0.2) is 0 Å². The van der Waals surface area contributed by atoms with Gasteiger partial charge in [-0.2, -0.15) is 0 Å². The predicted octanol–water partition coefficient (Wildman–Crippen LogP) is 1.51. The van der Waals surface area contributed by atoms with Crippen LogP contribution in [-0.2, 0) is 0 Å². The van der Waals surface area contributed by atoms with Crippen LogP contribution in [0.25, 0.3) is 0 Å². The predicted molar refractivity (Wildman–Crippen MR) is 62.4 cm³/mol. The van der Waals surface area contributed by atoms with Gasteiger partial charge in [0, 0.05) is 24.5 Å². The molecule has 1 saturated carbocycles. The van der Waals surface area contributed by atoms with Gasteiger partial charge in [-0.15, -0.1) is 6.42 Å². The van der Waals surface area contributed by atoms with Gasteiger partial charge < -0.3 is 10.6 Å². The van der Waals surface area contributed by atoms with E-state index in [0.29, 0.717) is 12.4 Å². The summed E-state index contributed by atoms with van der Waals surface area (Å²) in [4.78, 5) is 6.17. The third-order valence-electron chi connectivity index (χ3n) is 2.59. The lowest BCUT2D eigenvalue weighted by Gasteiger charge is -2.22. The van der Waals surface area contributed by atoms with Crippen LogP contribution in [0, 0.1) is 18.3 Å². The first-order chi connectivity index (χ1) is 7.29. The largest absolute Gasteiger partial charge is 0.384 e. The fourth-order valence-corrected chi connectivity index (χ4v) is 1.62. The number of terminal acetylenes is 1. The molecule has 2 N–H and O–H groups in total. The zero-order chi connectivity index (χ0) is 10.7. The highest BCUT2D eigenvalue weighted by atomic mass is 15.1. The van der Waals surface area contributed by atoms with Gasteiger partial charge in [0.1, 0.15) is 5.82 Å². The fourth-order valence-electron chi connectivity index (χ4n) is 1.62. The molecule has 1 aromatic heterocycles. The summed E-state index contributed by atoms with van der Waals surface area (Å²) in [6.45, 7) is 1.67. The molecule has 15 heavy (non-hydrogen) atoms. The molecule has 1 aromatic rings. The van der Waals surface area contributed by atoms with E-state index in [1.165, 1.54) is 12.8 Å². The summed E-state index contributed by atoms with van der Waals surface area (Å²) in [7, 11) is 0. The molecule has 0 saturated heterocycles. The van der Waals surface area contributed by atoms with Crippen LogP contribution in [0.3, 0.4) is 0 Å². The molecular formula is C12H15N3. The Balaban J connectivity index is 2.11. The van der Waals surface area contributed by atoms with Crippen molar-refractivity contribution in [3.05, 3.63) is 18.3 Å². The highest BCUT2D eigenvalue weighted by Gasteiger charge is 2.24. The number of nitrogens with zero attached hydrogens (tertiary/aromatic N) is 2. The molecule has 0 amide bonds. The SMILES string of the molecule is C#CCN(CC1CC1)c1ccnc(N)c1. The van der Waals surface area contributed by atoms with Gasteiger partial charge in [-0.1, -0.05) is 5.92 Å². The van der Waals surface area contributed by atoms with Crippen LogP contribution in [0.15, 0.2) is 18.3 Å². The van der Waals surface area contributed by atoms with Gasteiger partial charge in [0.25, 0.3) is 0 Å². The number of hydrogen-bond donors (Lipinski definition) is 1. The van der Waals surface area contributed by atoms with Crippen molar-refractivity contribution in [2.75, 3.05) is 23.7 Å². The van der Waals surface area contributed by atoms with Gasteiger partial charge in [-0.25, -0.2) is 4.98 Å². The third kappa shape index (κ3) is 2.63. The topological polar surface area (TPSA) is 42.2 Å². The summed E-state index contributed by atoms with van der Waals surface area (Å²) in [5, 5.41) is 0. The quantitative estimate of drug-likeness (QED) is 0.751. The van der Waals surface area contributed by atoms with E-state index in [1.54, 1.807) is 6.20 Å². The van der Waals surface area contributed by atoms with Crippen molar-refractivity contribution < 1.29 is 0 Å². The number of hydrogen-bond acceptors (Lipinski definition) is 3. The lowest BCUT2D eigenvalue weighted by molar-refractivity contribution is 0.765. The minimum atomic E-state index is 0.547. The Morgan fingerprint density at radius 2 is 2.40 bits per heavy atom. The van der Waals surface area contributed by atoms with Crippen LogP contribution < -0.4 is 10.6 Å². The van der Waals surface area contributed by atoms with Crippen LogP contribution >= 0.6 is 0 Å². The first-order valence-corrected chi connectivity index (χ1v) is 5.19. The molecule has 2 rings (SSSR count). The Hall–Kier alpha value is -1.69. The first kappa shape index (κ1) is 9.85. The number of nitrogen functional groups attached to an aromatic ring is 1. The van der Waals surface area contributed by atoms with E-state index in [4.69, 9.17) is 12.2 Å². The summed E-state index contributed by atoms with van der Waals surface area (Å²) in [5.41, 5.74) is 6.73. The van der Waals surface area contributed by atoms with Gasteiger partial charge in [-0.3, -0.25) is 0 Å². The Kier molecular flexibility index (Phi) is 2.77. The lowest BCUT2D eigenvalue weighted by Crippen LogP contribution is -2.26. The Morgan fingerprint density at radius 3 is 3.00 bits per heavy atom. The number of nitrogens with two attached hydrogens (primary N) is 1. The summed E-state index contributed by atoms with van der Waals surface area (Å²) < 4.78 is 0. The standard InChI is InChI=1S/C12H15N3/c1-2-7-15(9-10-3-4-10)11-5-6-14-12(13)8-11/h1,5-6,8,10H,3-4,7,9H2,(H2,13,14). The van der Waals surface area contributed by atoms with E-state index < -0.39 is 0 Å². The lowest BCUT2D eigenvalue weighted by atomic mass is 10.3. The molecule has 0 spiro atoms. The second-order valence-electron chi connectivity index (χ2n) is 3.97. The van der Waals surface area contributed by atoms with Gasteiger partial charge >= 0.3 is 0 Å². The van der Waals surface area contributed by atoms with Crippen molar-refractivity contribution in [1.29, 1.82) is 0 Å². The minimum Gasteiger partial charge on any atom is -0.384 e. The molecule has 0 unspecified atom stereocenters. The first-order valence-electron chi connectivity index (χ1n) is 5.19. The number of pyridine rings is 1. The summed E-state index contributed by atoms with van der Waals surface area (Å²) in [6.07, 6.45) is 9.73. The second-order valence-corrected chi connectivity index (χ2v) is 3.97. The molecule has 0 radical (unpaired) electrons. The Labute approximate surface area is 90.3 Å². The molecule has 0 aromatic carbocycles. The maximum atomic E-state index is 5.65. The van der Waals surface area contributed by atoms with E-state index in [-0.39, 0.29) is 0 Å². The fraction of sp³-hybridized carbons (Fsp3) is 0.417. The van der Waals surface area contributed by atoms with Gasteiger partial charge in [0.05, 0.1) is 6.54 Å². The molecule has 1 aliphatic carbocycles. The molecule has 0 bridgehead atoms. The average molecular weight is 201 g/mol. The monoisotopic (exact) mass is 201 g/mol. The van der Waals surface area contributed by atoms with Gasteiger partial charge in [-0.05, 0) is 24.8 Å². The maximum absolute atomic E-state index is 5.65. The summed E-state index contributed by atoms with van der Waals surface area (Å²) in [5.74, 6) is 4.04. The molecule has 3 nitrogen and oxygen atoms in total. The number of aromatic nitrogens is 1. The zero-order valence-electron chi connectivity index (χ0n) is 8.69. The highest BCUT2D eigenvalue weighted by Crippen LogP contribution is 2.31. The molecule has 78 valence electrons. The number of anilines is 2. The normalized spacial score (nSPS) is 14.6. The van der Waals surface area contributed by atoms with Crippen LogP contribution in [-0.4, -0.2) is 18.1 Å².